The summed E-state index contributed by atoms with van der Waals surface area (Å²) < 4.78 is 0. The van der Waals surface area contributed by atoms with Crippen molar-refractivity contribution in [3.63, 3.8) is 0 Å². The number of rotatable bonds is 6. The van der Waals surface area contributed by atoms with E-state index in [1.165, 1.54) is 51.7 Å². The monoisotopic (exact) mass is 238 g/mol. The Kier molecular flexibility index (Phi) is 4.48. The SMILES string of the molecule is CCCC(C)(CNC)CN1CC2CCCC2C1. The minimum Gasteiger partial charge on any atom is -0.319 e. The van der Waals surface area contributed by atoms with Crippen LogP contribution in [-0.4, -0.2) is 38.1 Å². The molecule has 0 radical (unpaired) electrons. The smallest absolute Gasteiger partial charge is 0.00477 e. The highest BCUT2D eigenvalue weighted by molar-refractivity contribution is 4.91. The van der Waals surface area contributed by atoms with Crippen LogP contribution in [0.1, 0.15) is 46.0 Å². The molecule has 1 N–H and O–H groups in total. The van der Waals surface area contributed by atoms with Gasteiger partial charge in [0.1, 0.15) is 0 Å². The molecule has 3 atom stereocenters. The fourth-order valence-corrected chi connectivity index (χ4v) is 4.25. The van der Waals surface area contributed by atoms with Gasteiger partial charge in [-0.25, -0.2) is 0 Å². The lowest BCUT2D eigenvalue weighted by atomic mass is 9.85. The first kappa shape index (κ1) is 13.4. The summed E-state index contributed by atoms with van der Waals surface area (Å²) in [6.45, 7) is 10.00. The highest BCUT2D eigenvalue weighted by Gasteiger charge is 2.38. The highest BCUT2D eigenvalue weighted by Crippen LogP contribution is 2.39. The van der Waals surface area contributed by atoms with Gasteiger partial charge in [0.15, 0.2) is 0 Å². The summed E-state index contributed by atoms with van der Waals surface area (Å²) in [6.07, 6.45) is 7.14. The molecular weight excluding hydrogens is 208 g/mol. The molecule has 3 unspecified atom stereocenters. The van der Waals surface area contributed by atoms with E-state index in [1.54, 1.807) is 0 Å². The number of likely N-dealkylation sites (tertiary alicyclic amines) is 1. The Labute approximate surface area is 107 Å². The fourth-order valence-electron chi connectivity index (χ4n) is 4.25. The molecular formula is C15H30N2. The number of fused-ring (bicyclic) bond motifs is 1. The van der Waals surface area contributed by atoms with Gasteiger partial charge >= 0.3 is 0 Å². The molecule has 1 saturated carbocycles. The van der Waals surface area contributed by atoms with Crippen molar-refractivity contribution in [2.75, 3.05) is 33.2 Å². The lowest BCUT2D eigenvalue weighted by Gasteiger charge is -2.34. The van der Waals surface area contributed by atoms with Crippen LogP contribution >= 0.6 is 0 Å². The minimum atomic E-state index is 0.474. The molecule has 2 aliphatic rings. The predicted octanol–water partition coefficient (Wildman–Crippen LogP) is 2.74. The van der Waals surface area contributed by atoms with Crippen LogP contribution in [0, 0.1) is 17.3 Å². The maximum absolute atomic E-state index is 3.39. The van der Waals surface area contributed by atoms with E-state index in [0.717, 1.165) is 18.4 Å². The van der Waals surface area contributed by atoms with Crippen LogP contribution in [-0.2, 0) is 0 Å². The summed E-state index contributed by atoms with van der Waals surface area (Å²) in [4.78, 5) is 2.75. The fraction of sp³-hybridized carbons (Fsp3) is 1.00. The molecule has 0 bridgehead atoms. The normalized spacial score (nSPS) is 32.6. The van der Waals surface area contributed by atoms with Gasteiger partial charge in [0, 0.05) is 26.2 Å². The molecule has 17 heavy (non-hydrogen) atoms. The van der Waals surface area contributed by atoms with Gasteiger partial charge in [-0.15, -0.1) is 0 Å². The summed E-state index contributed by atoms with van der Waals surface area (Å²) in [6, 6.07) is 0. The van der Waals surface area contributed by atoms with Gasteiger partial charge < -0.3 is 10.2 Å². The highest BCUT2D eigenvalue weighted by atomic mass is 15.2. The molecule has 0 aromatic carbocycles. The largest absolute Gasteiger partial charge is 0.319 e. The van der Waals surface area contributed by atoms with Gasteiger partial charge in [0.05, 0.1) is 0 Å². The maximum Gasteiger partial charge on any atom is 0.00477 e. The number of nitrogens with one attached hydrogen (secondary N) is 1. The Morgan fingerprint density at radius 1 is 1.24 bits per heavy atom. The molecule has 1 heterocycles. The van der Waals surface area contributed by atoms with Gasteiger partial charge in [-0.1, -0.05) is 26.7 Å². The average molecular weight is 238 g/mol. The molecule has 0 aromatic rings. The van der Waals surface area contributed by atoms with Crippen molar-refractivity contribution in [3.8, 4) is 0 Å². The number of hydrogen-bond acceptors (Lipinski definition) is 2. The van der Waals surface area contributed by atoms with Crippen molar-refractivity contribution in [2.24, 2.45) is 17.3 Å². The Hall–Kier alpha value is -0.0800. The molecule has 1 saturated heterocycles. The minimum absolute atomic E-state index is 0.474. The summed E-state index contributed by atoms with van der Waals surface area (Å²) in [7, 11) is 2.09. The maximum atomic E-state index is 3.39. The second kappa shape index (κ2) is 5.71. The van der Waals surface area contributed by atoms with E-state index in [4.69, 9.17) is 0 Å². The number of nitrogens with zero attached hydrogens (tertiary/aromatic N) is 1. The summed E-state index contributed by atoms with van der Waals surface area (Å²) >= 11 is 0. The molecule has 2 nitrogen and oxygen atoms in total. The Bertz CT molecular complexity index is 221. The van der Waals surface area contributed by atoms with E-state index in [2.05, 4.69) is 31.1 Å². The van der Waals surface area contributed by atoms with Gasteiger partial charge in [0.25, 0.3) is 0 Å². The van der Waals surface area contributed by atoms with E-state index in [-0.39, 0.29) is 0 Å². The van der Waals surface area contributed by atoms with Crippen molar-refractivity contribution in [1.29, 1.82) is 0 Å². The standard InChI is InChI=1S/C15H30N2/c1-4-8-15(2,11-16-3)12-17-9-13-6-5-7-14(13)10-17/h13-14,16H,4-12H2,1-3H3. The van der Waals surface area contributed by atoms with Gasteiger partial charge in [-0.2, -0.15) is 0 Å². The number of hydrogen-bond donors (Lipinski definition) is 1. The molecule has 2 heteroatoms. The van der Waals surface area contributed by atoms with Crippen molar-refractivity contribution in [3.05, 3.63) is 0 Å². The topological polar surface area (TPSA) is 15.3 Å². The van der Waals surface area contributed by atoms with Crippen molar-refractivity contribution in [1.82, 2.24) is 10.2 Å². The second-order valence-electron chi connectivity index (χ2n) is 6.74. The van der Waals surface area contributed by atoms with Crippen LogP contribution in [0.25, 0.3) is 0 Å². The van der Waals surface area contributed by atoms with E-state index < -0.39 is 0 Å². The van der Waals surface area contributed by atoms with Crippen LogP contribution in [0.5, 0.6) is 0 Å². The lowest BCUT2D eigenvalue weighted by molar-refractivity contribution is 0.167. The quantitative estimate of drug-likeness (QED) is 0.765. The molecule has 0 spiro atoms. The summed E-state index contributed by atoms with van der Waals surface area (Å²) in [5.41, 5.74) is 0.474. The van der Waals surface area contributed by atoms with Crippen LogP contribution in [0.15, 0.2) is 0 Å². The predicted molar refractivity (Wildman–Crippen MR) is 74.2 cm³/mol. The molecule has 0 amide bonds. The molecule has 1 aliphatic heterocycles. The molecule has 2 rings (SSSR count). The first-order valence-electron chi connectivity index (χ1n) is 7.54. The van der Waals surface area contributed by atoms with E-state index in [9.17, 15) is 0 Å². The third-order valence-corrected chi connectivity index (χ3v) is 4.86. The van der Waals surface area contributed by atoms with Gasteiger partial charge in [0.2, 0.25) is 0 Å². The molecule has 100 valence electrons. The zero-order valence-electron chi connectivity index (χ0n) is 12.0. The van der Waals surface area contributed by atoms with Gasteiger partial charge in [-0.3, -0.25) is 0 Å². The Balaban J connectivity index is 1.86. The molecule has 2 fully saturated rings. The first-order chi connectivity index (χ1) is 8.17. The van der Waals surface area contributed by atoms with Crippen LogP contribution < -0.4 is 5.32 Å². The van der Waals surface area contributed by atoms with Crippen molar-refractivity contribution < 1.29 is 0 Å². The first-order valence-corrected chi connectivity index (χ1v) is 7.54. The molecule has 1 aliphatic carbocycles. The van der Waals surface area contributed by atoms with Crippen molar-refractivity contribution in [2.45, 2.75) is 46.0 Å². The van der Waals surface area contributed by atoms with E-state index >= 15 is 0 Å². The zero-order chi connectivity index (χ0) is 12.3. The Morgan fingerprint density at radius 2 is 1.88 bits per heavy atom. The lowest BCUT2D eigenvalue weighted by Crippen LogP contribution is -2.41. The zero-order valence-corrected chi connectivity index (χ0v) is 12.0. The van der Waals surface area contributed by atoms with Crippen molar-refractivity contribution >= 4 is 0 Å². The van der Waals surface area contributed by atoms with E-state index in [0.29, 0.717) is 5.41 Å². The van der Waals surface area contributed by atoms with Crippen LogP contribution in [0.3, 0.4) is 0 Å². The average Bonchev–Trinajstić information content (AvgIpc) is 2.77. The second-order valence-corrected chi connectivity index (χ2v) is 6.74. The van der Waals surface area contributed by atoms with Gasteiger partial charge in [-0.05, 0) is 43.6 Å². The Morgan fingerprint density at radius 3 is 2.41 bits per heavy atom. The summed E-state index contributed by atoms with van der Waals surface area (Å²) in [5.74, 6) is 2.07. The van der Waals surface area contributed by atoms with Crippen LogP contribution in [0.4, 0.5) is 0 Å². The third kappa shape index (κ3) is 3.23. The van der Waals surface area contributed by atoms with E-state index in [1.807, 2.05) is 0 Å². The third-order valence-electron chi connectivity index (χ3n) is 4.86. The molecule has 0 aromatic heterocycles. The summed E-state index contributed by atoms with van der Waals surface area (Å²) in [5, 5.41) is 3.39. The van der Waals surface area contributed by atoms with Crippen LogP contribution in [0.2, 0.25) is 0 Å².